The van der Waals surface area contributed by atoms with E-state index in [0.29, 0.717) is 6.04 Å². The number of aromatic nitrogens is 1. The molecule has 0 aliphatic carbocycles. The van der Waals surface area contributed by atoms with E-state index in [-0.39, 0.29) is 0 Å². The molecule has 1 N–H and O–H groups in total. The first-order valence-electron chi connectivity index (χ1n) is 6.79. The predicted molar refractivity (Wildman–Crippen MR) is 78.5 cm³/mol. The maximum absolute atomic E-state index is 5.17. The first-order valence-corrected chi connectivity index (χ1v) is 6.79. The van der Waals surface area contributed by atoms with Crippen LogP contribution in [0.4, 0.5) is 5.82 Å². The lowest BCUT2D eigenvalue weighted by atomic mass is 10.1. The van der Waals surface area contributed by atoms with Gasteiger partial charge in [-0.1, -0.05) is 12.1 Å². The molecule has 104 valence electrons. The fraction of sp³-hybridized carbons (Fsp3) is 0.533. The fourth-order valence-electron chi connectivity index (χ4n) is 2.24. The van der Waals surface area contributed by atoms with Crippen LogP contribution in [0.1, 0.15) is 24.9 Å². The average Bonchev–Trinajstić information content (AvgIpc) is 2.48. The molecule has 0 fully saturated rings. The highest BCUT2D eigenvalue weighted by molar-refractivity contribution is 5.42. The second-order valence-electron chi connectivity index (χ2n) is 4.95. The molecule has 1 aromatic rings. The monoisotopic (exact) mass is 261 g/mol. The minimum Gasteiger partial charge on any atom is -0.380 e. The van der Waals surface area contributed by atoms with Crippen molar-refractivity contribution in [1.29, 1.82) is 0 Å². The molecule has 0 saturated carbocycles. The Hall–Kier alpha value is -1.39. The number of rotatable bonds is 5. The highest BCUT2D eigenvalue weighted by Crippen LogP contribution is 2.19. The molecular weight excluding hydrogens is 238 g/mol. The Morgan fingerprint density at radius 3 is 2.84 bits per heavy atom. The van der Waals surface area contributed by atoms with Crippen molar-refractivity contribution in [2.24, 2.45) is 0 Å². The molecule has 1 aromatic heterocycles. The van der Waals surface area contributed by atoms with Crippen molar-refractivity contribution in [2.75, 3.05) is 38.8 Å². The van der Waals surface area contributed by atoms with Crippen molar-refractivity contribution >= 4 is 5.82 Å². The van der Waals surface area contributed by atoms with Gasteiger partial charge in [-0.15, -0.1) is 0 Å². The number of anilines is 1. The van der Waals surface area contributed by atoms with Crippen molar-refractivity contribution in [1.82, 2.24) is 10.3 Å². The molecule has 1 unspecified atom stereocenters. The zero-order valence-electron chi connectivity index (χ0n) is 12.0. The van der Waals surface area contributed by atoms with E-state index in [1.165, 1.54) is 11.1 Å². The molecule has 2 rings (SSSR count). The molecule has 2 heterocycles. The summed E-state index contributed by atoms with van der Waals surface area (Å²) in [5.41, 5.74) is 2.61. The maximum Gasteiger partial charge on any atom is 0.128 e. The standard InChI is InChI=1S/C15H23N3O/c1-12(16-2)14-4-5-15(17-10-14)18-8-6-13(7-9-18)11-19-3/h4-6,10,12,16H,7-9,11H2,1-3H3. The second-order valence-corrected chi connectivity index (χ2v) is 4.95. The highest BCUT2D eigenvalue weighted by Gasteiger charge is 2.13. The summed E-state index contributed by atoms with van der Waals surface area (Å²) in [7, 11) is 3.71. The van der Waals surface area contributed by atoms with Gasteiger partial charge in [0.15, 0.2) is 0 Å². The van der Waals surface area contributed by atoms with Crippen LogP contribution in [0, 0.1) is 0 Å². The van der Waals surface area contributed by atoms with Crippen molar-refractivity contribution in [3.63, 3.8) is 0 Å². The largest absolute Gasteiger partial charge is 0.380 e. The summed E-state index contributed by atoms with van der Waals surface area (Å²) in [5, 5.41) is 3.22. The number of nitrogens with zero attached hydrogens (tertiary/aromatic N) is 2. The summed E-state index contributed by atoms with van der Waals surface area (Å²) >= 11 is 0. The Morgan fingerprint density at radius 1 is 1.47 bits per heavy atom. The third-order valence-corrected chi connectivity index (χ3v) is 3.66. The van der Waals surface area contributed by atoms with Crippen LogP contribution in [-0.2, 0) is 4.74 Å². The van der Waals surface area contributed by atoms with Gasteiger partial charge in [0, 0.05) is 32.4 Å². The van der Waals surface area contributed by atoms with Crippen molar-refractivity contribution in [2.45, 2.75) is 19.4 Å². The van der Waals surface area contributed by atoms with Gasteiger partial charge in [0.1, 0.15) is 5.82 Å². The number of nitrogens with one attached hydrogen (secondary N) is 1. The molecule has 0 bridgehead atoms. The van der Waals surface area contributed by atoms with Crippen molar-refractivity contribution < 1.29 is 4.74 Å². The fourth-order valence-corrected chi connectivity index (χ4v) is 2.24. The van der Waals surface area contributed by atoms with Gasteiger partial charge in [0.05, 0.1) is 6.61 Å². The topological polar surface area (TPSA) is 37.4 Å². The zero-order chi connectivity index (χ0) is 13.7. The smallest absolute Gasteiger partial charge is 0.128 e. The maximum atomic E-state index is 5.17. The van der Waals surface area contributed by atoms with Crippen LogP contribution < -0.4 is 10.2 Å². The Labute approximate surface area is 115 Å². The second kappa shape index (κ2) is 6.68. The van der Waals surface area contributed by atoms with Gasteiger partial charge in [0.2, 0.25) is 0 Å². The minimum atomic E-state index is 0.344. The lowest BCUT2D eigenvalue weighted by Crippen LogP contribution is -2.30. The van der Waals surface area contributed by atoms with Crippen molar-refractivity contribution in [3.05, 3.63) is 35.5 Å². The molecule has 1 aliphatic rings. The first kappa shape index (κ1) is 14.0. The average molecular weight is 261 g/mol. The van der Waals surface area contributed by atoms with Gasteiger partial charge in [-0.2, -0.15) is 0 Å². The van der Waals surface area contributed by atoms with Crippen LogP contribution in [0.15, 0.2) is 30.0 Å². The van der Waals surface area contributed by atoms with E-state index < -0.39 is 0 Å². The van der Waals surface area contributed by atoms with Gasteiger partial charge in [-0.3, -0.25) is 0 Å². The van der Waals surface area contributed by atoms with Crippen molar-refractivity contribution in [3.8, 4) is 0 Å². The molecule has 1 atom stereocenters. The summed E-state index contributed by atoms with van der Waals surface area (Å²) in [4.78, 5) is 6.87. The number of ether oxygens (including phenoxy) is 1. The summed E-state index contributed by atoms with van der Waals surface area (Å²) in [6, 6.07) is 4.60. The third kappa shape index (κ3) is 3.55. The Morgan fingerprint density at radius 2 is 2.32 bits per heavy atom. The Balaban J connectivity index is 2.00. The lowest BCUT2D eigenvalue weighted by molar-refractivity contribution is 0.222. The van der Waals surface area contributed by atoms with Gasteiger partial charge in [0.25, 0.3) is 0 Å². The molecule has 0 spiro atoms. The van der Waals surface area contributed by atoms with E-state index in [1.807, 2.05) is 13.2 Å². The third-order valence-electron chi connectivity index (χ3n) is 3.66. The number of hydrogen-bond acceptors (Lipinski definition) is 4. The van der Waals surface area contributed by atoms with E-state index in [1.54, 1.807) is 7.11 Å². The number of pyridine rings is 1. The molecule has 0 amide bonds. The van der Waals surface area contributed by atoms with Crippen LogP contribution in [0.25, 0.3) is 0 Å². The van der Waals surface area contributed by atoms with E-state index in [4.69, 9.17) is 4.74 Å². The van der Waals surface area contributed by atoms with Gasteiger partial charge in [-0.05, 0) is 37.6 Å². The van der Waals surface area contributed by atoms with Gasteiger partial charge < -0.3 is 15.0 Å². The van der Waals surface area contributed by atoms with E-state index >= 15 is 0 Å². The number of methoxy groups -OCH3 is 1. The molecule has 0 saturated heterocycles. The van der Waals surface area contributed by atoms with E-state index in [9.17, 15) is 0 Å². The number of hydrogen-bond donors (Lipinski definition) is 1. The summed E-state index contributed by atoms with van der Waals surface area (Å²) in [6.45, 7) is 4.83. The lowest BCUT2D eigenvalue weighted by Gasteiger charge is -2.27. The van der Waals surface area contributed by atoms with Crippen LogP contribution in [0.2, 0.25) is 0 Å². The molecule has 19 heavy (non-hydrogen) atoms. The van der Waals surface area contributed by atoms with E-state index in [0.717, 1.165) is 31.9 Å². The molecule has 0 aromatic carbocycles. The summed E-state index contributed by atoms with van der Waals surface area (Å²) in [5.74, 6) is 1.06. The van der Waals surface area contributed by atoms with Gasteiger partial charge in [-0.25, -0.2) is 4.98 Å². The molecule has 0 radical (unpaired) electrons. The van der Waals surface area contributed by atoms with Crippen LogP contribution >= 0.6 is 0 Å². The summed E-state index contributed by atoms with van der Waals surface area (Å²) in [6.07, 6.45) is 5.27. The Kier molecular flexibility index (Phi) is 4.93. The molecular formula is C15H23N3O. The summed E-state index contributed by atoms with van der Waals surface area (Å²) < 4.78 is 5.17. The highest BCUT2D eigenvalue weighted by atomic mass is 16.5. The van der Waals surface area contributed by atoms with Crippen LogP contribution in [-0.4, -0.2) is 38.8 Å². The molecule has 4 heteroatoms. The van der Waals surface area contributed by atoms with Crippen LogP contribution in [0.3, 0.4) is 0 Å². The minimum absolute atomic E-state index is 0.344. The normalized spacial score (nSPS) is 17.2. The van der Waals surface area contributed by atoms with Crippen LogP contribution in [0.5, 0.6) is 0 Å². The van der Waals surface area contributed by atoms with Gasteiger partial charge >= 0.3 is 0 Å². The molecule has 1 aliphatic heterocycles. The predicted octanol–water partition coefficient (Wildman–Crippen LogP) is 2.14. The zero-order valence-corrected chi connectivity index (χ0v) is 12.0. The quantitative estimate of drug-likeness (QED) is 0.824. The first-order chi connectivity index (χ1) is 9.24. The van der Waals surface area contributed by atoms with E-state index in [2.05, 4.69) is 40.3 Å². The SMILES string of the molecule is CNC(C)c1ccc(N2CC=C(COC)CC2)nc1. The Bertz CT molecular complexity index is 428. The molecule has 4 nitrogen and oxygen atoms in total.